The number of rotatable bonds is 5. The fourth-order valence-corrected chi connectivity index (χ4v) is 2.51. The van der Waals surface area contributed by atoms with Gasteiger partial charge in [-0.2, -0.15) is 0 Å². The van der Waals surface area contributed by atoms with Crippen LogP contribution in [0.25, 0.3) is 11.3 Å². The van der Waals surface area contributed by atoms with Crippen LogP contribution in [0.2, 0.25) is 0 Å². The standard InChI is InChI=1S/C13H16N2O3S/c1-16-10-5-4-8(12(17-2)13(10)18-3)9-7-19-11(6-14)15-9/h4-5,7H,6,14H2,1-3H3. The van der Waals surface area contributed by atoms with Crippen molar-refractivity contribution in [2.45, 2.75) is 6.54 Å². The van der Waals surface area contributed by atoms with Gasteiger partial charge < -0.3 is 19.9 Å². The summed E-state index contributed by atoms with van der Waals surface area (Å²) in [6.45, 7) is 0.431. The van der Waals surface area contributed by atoms with Crippen LogP contribution in [0.3, 0.4) is 0 Å². The smallest absolute Gasteiger partial charge is 0.203 e. The van der Waals surface area contributed by atoms with Crippen LogP contribution in [0.4, 0.5) is 0 Å². The summed E-state index contributed by atoms with van der Waals surface area (Å²) >= 11 is 1.52. The number of ether oxygens (including phenoxy) is 3. The molecule has 6 heteroatoms. The maximum atomic E-state index is 5.59. The first kappa shape index (κ1) is 13.6. The molecule has 5 nitrogen and oxygen atoms in total. The van der Waals surface area contributed by atoms with Crippen molar-refractivity contribution in [2.24, 2.45) is 5.73 Å². The van der Waals surface area contributed by atoms with E-state index in [0.29, 0.717) is 23.8 Å². The normalized spacial score (nSPS) is 10.3. The van der Waals surface area contributed by atoms with E-state index in [-0.39, 0.29) is 0 Å². The van der Waals surface area contributed by atoms with Crippen molar-refractivity contribution in [3.05, 3.63) is 22.5 Å². The third kappa shape index (κ3) is 2.50. The lowest BCUT2D eigenvalue weighted by Gasteiger charge is -2.14. The zero-order valence-corrected chi connectivity index (χ0v) is 11.9. The first-order valence-corrected chi connectivity index (χ1v) is 6.56. The van der Waals surface area contributed by atoms with E-state index in [9.17, 15) is 0 Å². The highest BCUT2D eigenvalue weighted by Gasteiger charge is 2.18. The molecule has 1 heterocycles. The molecule has 2 N–H and O–H groups in total. The second-order valence-corrected chi connectivity index (χ2v) is 4.66. The maximum absolute atomic E-state index is 5.59. The molecule has 0 saturated heterocycles. The van der Waals surface area contributed by atoms with Gasteiger partial charge in [0.2, 0.25) is 5.75 Å². The van der Waals surface area contributed by atoms with Crippen LogP contribution in [0.5, 0.6) is 17.2 Å². The van der Waals surface area contributed by atoms with Crippen LogP contribution < -0.4 is 19.9 Å². The summed E-state index contributed by atoms with van der Waals surface area (Å²) in [6, 6.07) is 3.73. The summed E-state index contributed by atoms with van der Waals surface area (Å²) in [4.78, 5) is 4.46. The van der Waals surface area contributed by atoms with Crippen LogP contribution in [-0.4, -0.2) is 26.3 Å². The van der Waals surface area contributed by atoms with E-state index in [1.54, 1.807) is 21.3 Å². The lowest BCUT2D eigenvalue weighted by atomic mass is 10.1. The van der Waals surface area contributed by atoms with Gasteiger partial charge in [0.15, 0.2) is 11.5 Å². The molecule has 0 radical (unpaired) electrons. The molecule has 0 atom stereocenters. The molecule has 1 aromatic carbocycles. The molecule has 2 aromatic rings. The van der Waals surface area contributed by atoms with Crippen LogP contribution >= 0.6 is 11.3 Å². The number of benzene rings is 1. The minimum absolute atomic E-state index is 0.431. The first-order chi connectivity index (χ1) is 9.24. The van der Waals surface area contributed by atoms with E-state index in [1.165, 1.54) is 11.3 Å². The van der Waals surface area contributed by atoms with E-state index in [0.717, 1.165) is 16.3 Å². The van der Waals surface area contributed by atoms with Crippen molar-refractivity contribution in [1.29, 1.82) is 0 Å². The fraction of sp³-hybridized carbons (Fsp3) is 0.308. The number of methoxy groups -OCH3 is 3. The van der Waals surface area contributed by atoms with Crippen molar-refractivity contribution < 1.29 is 14.2 Å². The molecule has 2 rings (SSSR count). The molecule has 102 valence electrons. The van der Waals surface area contributed by atoms with E-state index in [2.05, 4.69) is 4.98 Å². The summed E-state index contributed by atoms with van der Waals surface area (Å²) < 4.78 is 16.0. The molecule has 1 aromatic heterocycles. The van der Waals surface area contributed by atoms with Crippen LogP contribution in [0.1, 0.15) is 5.01 Å². The molecule has 0 aliphatic rings. The third-order valence-corrected chi connectivity index (χ3v) is 3.58. The minimum Gasteiger partial charge on any atom is -0.493 e. The fourth-order valence-electron chi connectivity index (χ4n) is 1.83. The lowest BCUT2D eigenvalue weighted by Crippen LogP contribution is -1.98. The van der Waals surface area contributed by atoms with Crippen molar-refractivity contribution >= 4 is 11.3 Å². The lowest BCUT2D eigenvalue weighted by molar-refractivity contribution is 0.325. The van der Waals surface area contributed by atoms with Gasteiger partial charge in [0.1, 0.15) is 5.01 Å². The summed E-state index contributed by atoms with van der Waals surface area (Å²) in [5.74, 6) is 1.79. The van der Waals surface area contributed by atoms with Crippen molar-refractivity contribution in [3.63, 3.8) is 0 Å². The highest BCUT2D eigenvalue weighted by Crippen LogP contribution is 2.44. The topological polar surface area (TPSA) is 66.6 Å². The number of aromatic nitrogens is 1. The molecule has 0 amide bonds. The second kappa shape index (κ2) is 5.90. The Morgan fingerprint density at radius 2 is 1.84 bits per heavy atom. The van der Waals surface area contributed by atoms with Crippen LogP contribution in [-0.2, 0) is 6.54 Å². The molecule has 0 unspecified atom stereocenters. The monoisotopic (exact) mass is 280 g/mol. The molecular formula is C13H16N2O3S. The van der Waals surface area contributed by atoms with Crippen molar-refractivity contribution in [1.82, 2.24) is 4.98 Å². The number of nitrogens with two attached hydrogens (primary N) is 1. The SMILES string of the molecule is COc1ccc(-c2csc(CN)n2)c(OC)c1OC. The highest BCUT2D eigenvalue weighted by molar-refractivity contribution is 7.09. The van der Waals surface area contributed by atoms with Crippen LogP contribution in [0, 0.1) is 0 Å². The number of hydrogen-bond acceptors (Lipinski definition) is 6. The average molecular weight is 280 g/mol. The van der Waals surface area contributed by atoms with E-state index >= 15 is 0 Å². The van der Waals surface area contributed by atoms with Crippen molar-refractivity contribution in [2.75, 3.05) is 21.3 Å². The Kier molecular flexibility index (Phi) is 4.24. The molecule has 0 aliphatic heterocycles. The van der Waals surface area contributed by atoms with Gasteiger partial charge in [0, 0.05) is 17.5 Å². The predicted octanol–water partition coefficient (Wildman–Crippen LogP) is 2.29. The third-order valence-electron chi connectivity index (χ3n) is 2.71. The van der Waals surface area contributed by atoms with Gasteiger partial charge in [-0.15, -0.1) is 11.3 Å². The van der Waals surface area contributed by atoms with Crippen molar-refractivity contribution in [3.8, 4) is 28.5 Å². The van der Waals surface area contributed by atoms with Gasteiger partial charge in [0.05, 0.1) is 27.0 Å². The predicted molar refractivity (Wildman–Crippen MR) is 75.1 cm³/mol. The highest BCUT2D eigenvalue weighted by atomic mass is 32.1. The molecule has 0 spiro atoms. The molecule has 0 saturated carbocycles. The molecule has 0 aliphatic carbocycles. The first-order valence-electron chi connectivity index (χ1n) is 5.69. The second-order valence-electron chi connectivity index (χ2n) is 3.71. The Morgan fingerprint density at radius 3 is 2.37 bits per heavy atom. The Hall–Kier alpha value is -1.79. The molecule has 19 heavy (non-hydrogen) atoms. The number of hydrogen-bond donors (Lipinski definition) is 1. The Balaban J connectivity index is 2.56. The van der Waals surface area contributed by atoms with Gasteiger partial charge >= 0.3 is 0 Å². The molecule has 0 fully saturated rings. The summed E-state index contributed by atoms with van der Waals surface area (Å²) in [7, 11) is 4.76. The van der Waals surface area contributed by atoms with Crippen LogP contribution in [0.15, 0.2) is 17.5 Å². The van der Waals surface area contributed by atoms with Gasteiger partial charge in [0.25, 0.3) is 0 Å². The zero-order valence-electron chi connectivity index (χ0n) is 11.1. The Morgan fingerprint density at radius 1 is 1.11 bits per heavy atom. The van der Waals surface area contributed by atoms with E-state index in [1.807, 2.05) is 17.5 Å². The van der Waals surface area contributed by atoms with E-state index in [4.69, 9.17) is 19.9 Å². The maximum Gasteiger partial charge on any atom is 0.203 e. The minimum atomic E-state index is 0.431. The Labute approximate surface area is 115 Å². The molecule has 0 bridgehead atoms. The number of thiazole rings is 1. The largest absolute Gasteiger partial charge is 0.493 e. The molecular weight excluding hydrogens is 264 g/mol. The summed E-state index contributed by atoms with van der Waals surface area (Å²) in [5.41, 5.74) is 7.27. The quantitative estimate of drug-likeness (QED) is 0.910. The van der Waals surface area contributed by atoms with Gasteiger partial charge in [-0.3, -0.25) is 0 Å². The van der Waals surface area contributed by atoms with Gasteiger partial charge in [-0.05, 0) is 12.1 Å². The Bertz CT molecular complexity index is 569. The summed E-state index contributed by atoms with van der Waals surface area (Å²) in [5, 5.41) is 2.83. The van der Waals surface area contributed by atoms with E-state index < -0.39 is 0 Å². The van der Waals surface area contributed by atoms with Gasteiger partial charge in [-0.1, -0.05) is 0 Å². The number of nitrogens with zero attached hydrogens (tertiary/aromatic N) is 1. The zero-order chi connectivity index (χ0) is 13.8. The average Bonchev–Trinajstić information content (AvgIpc) is 2.94. The van der Waals surface area contributed by atoms with Gasteiger partial charge in [-0.25, -0.2) is 4.98 Å². The summed E-state index contributed by atoms with van der Waals surface area (Å²) in [6.07, 6.45) is 0.